The molecule has 1 atom stereocenters. The fourth-order valence-corrected chi connectivity index (χ4v) is 3.20. The highest BCUT2D eigenvalue weighted by atomic mass is 15.3. The zero-order chi connectivity index (χ0) is 13.4. The maximum Gasteiger partial charge on any atom is 0.163 e. The van der Waals surface area contributed by atoms with Crippen molar-refractivity contribution in [1.29, 1.82) is 0 Å². The van der Waals surface area contributed by atoms with Crippen LogP contribution in [0.5, 0.6) is 0 Å². The molecule has 1 saturated heterocycles. The van der Waals surface area contributed by atoms with Crippen LogP contribution >= 0.6 is 0 Å². The summed E-state index contributed by atoms with van der Waals surface area (Å²) in [4.78, 5) is 2.59. The van der Waals surface area contributed by atoms with E-state index in [2.05, 4.69) is 58.6 Å². The molecule has 4 nitrogen and oxygen atoms in total. The van der Waals surface area contributed by atoms with E-state index in [0.29, 0.717) is 12.1 Å². The van der Waals surface area contributed by atoms with Crippen molar-refractivity contribution in [2.75, 3.05) is 6.54 Å². The summed E-state index contributed by atoms with van der Waals surface area (Å²) in [5.41, 5.74) is 2.18. The first-order chi connectivity index (χ1) is 9.16. The fourth-order valence-electron chi connectivity index (χ4n) is 3.20. The number of hydrogen-bond donors (Lipinski definition) is 0. The average Bonchev–Trinajstić information content (AvgIpc) is 2.98. The van der Waals surface area contributed by atoms with Gasteiger partial charge in [-0.2, -0.15) is 0 Å². The highest BCUT2D eigenvalue weighted by Crippen LogP contribution is 2.23. The summed E-state index contributed by atoms with van der Waals surface area (Å²) in [6.07, 6.45) is 5.66. The van der Waals surface area contributed by atoms with E-state index in [9.17, 15) is 0 Å². The normalized spacial score (nSPS) is 20.7. The van der Waals surface area contributed by atoms with E-state index in [-0.39, 0.29) is 0 Å². The topological polar surface area (TPSA) is 33.4 Å². The third-order valence-electron chi connectivity index (χ3n) is 4.20. The first kappa shape index (κ1) is 12.6. The van der Waals surface area contributed by atoms with Gasteiger partial charge in [0.05, 0.1) is 0 Å². The van der Waals surface area contributed by atoms with E-state index in [0.717, 1.165) is 17.9 Å². The Morgan fingerprint density at radius 2 is 2.21 bits per heavy atom. The molecule has 0 saturated carbocycles. The molecule has 1 fully saturated rings. The van der Waals surface area contributed by atoms with Crippen LogP contribution in [0.3, 0.4) is 0 Å². The molecule has 0 bridgehead atoms. The average molecular weight is 258 g/mol. The van der Waals surface area contributed by atoms with E-state index < -0.39 is 0 Å². The van der Waals surface area contributed by atoms with Crippen LogP contribution in [0.15, 0.2) is 18.3 Å². The van der Waals surface area contributed by atoms with Crippen molar-refractivity contribution in [3.05, 3.63) is 29.7 Å². The molecule has 0 radical (unpaired) electrons. The fraction of sp³-hybridized carbons (Fsp3) is 0.600. The van der Waals surface area contributed by atoms with Gasteiger partial charge in [-0.3, -0.25) is 9.30 Å². The molecule has 0 aromatic carbocycles. The van der Waals surface area contributed by atoms with Gasteiger partial charge in [-0.1, -0.05) is 6.07 Å². The summed E-state index contributed by atoms with van der Waals surface area (Å²) in [6, 6.07) is 5.40. The molecule has 2 aromatic rings. The Morgan fingerprint density at radius 3 is 3.00 bits per heavy atom. The molecule has 1 aliphatic heterocycles. The quantitative estimate of drug-likeness (QED) is 0.848. The van der Waals surface area contributed by atoms with Gasteiger partial charge in [0.1, 0.15) is 5.82 Å². The van der Waals surface area contributed by atoms with E-state index >= 15 is 0 Å². The molecule has 4 heteroatoms. The minimum Gasteiger partial charge on any atom is -0.298 e. The van der Waals surface area contributed by atoms with Crippen molar-refractivity contribution in [2.45, 2.75) is 52.1 Å². The van der Waals surface area contributed by atoms with Crippen molar-refractivity contribution in [2.24, 2.45) is 0 Å². The first-order valence-electron chi connectivity index (χ1n) is 7.22. The second kappa shape index (κ2) is 4.93. The molecule has 1 aliphatic rings. The number of aromatic nitrogens is 3. The number of likely N-dealkylation sites (tertiary alicyclic amines) is 1. The maximum absolute atomic E-state index is 4.40. The van der Waals surface area contributed by atoms with E-state index in [1.54, 1.807) is 0 Å². The summed E-state index contributed by atoms with van der Waals surface area (Å²) in [6.45, 7) is 7.87. The number of rotatable bonds is 3. The number of pyridine rings is 1. The lowest BCUT2D eigenvalue weighted by Gasteiger charge is -2.27. The Bertz CT molecular complexity index is 573. The number of aryl methyl sites for hydroxylation is 1. The molecule has 2 aromatic heterocycles. The van der Waals surface area contributed by atoms with Crippen molar-refractivity contribution in [3.63, 3.8) is 0 Å². The van der Waals surface area contributed by atoms with E-state index in [1.807, 2.05) is 0 Å². The Hall–Kier alpha value is -1.42. The maximum atomic E-state index is 4.40. The number of fused-ring (bicyclic) bond motifs is 1. The molecule has 1 unspecified atom stereocenters. The Morgan fingerprint density at radius 1 is 1.37 bits per heavy atom. The predicted molar refractivity (Wildman–Crippen MR) is 76.3 cm³/mol. The number of nitrogens with zero attached hydrogens (tertiary/aromatic N) is 4. The Labute approximate surface area is 114 Å². The second-order valence-corrected chi connectivity index (χ2v) is 5.83. The van der Waals surface area contributed by atoms with E-state index in [4.69, 9.17) is 0 Å². The molecule has 0 aliphatic carbocycles. The van der Waals surface area contributed by atoms with Crippen molar-refractivity contribution in [1.82, 2.24) is 19.5 Å². The SMILES string of the molecule is Cc1cccn2c(CC3CCCN3C(C)C)nnc12. The van der Waals surface area contributed by atoms with Crippen molar-refractivity contribution < 1.29 is 0 Å². The van der Waals surface area contributed by atoms with Crippen LogP contribution in [0.4, 0.5) is 0 Å². The van der Waals surface area contributed by atoms with Crippen LogP contribution < -0.4 is 0 Å². The van der Waals surface area contributed by atoms with Gasteiger partial charge < -0.3 is 0 Å². The lowest BCUT2D eigenvalue weighted by molar-refractivity contribution is 0.200. The molecule has 0 N–H and O–H groups in total. The van der Waals surface area contributed by atoms with Gasteiger partial charge in [0.15, 0.2) is 5.65 Å². The van der Waals surface area contributed by atoms with Crippen LogP contribution in [-0.4, -0.2) is 38.1 Å². The predicted octanol–water partition coefficient (Wildman–Crippen LogP) is 2.45. The molecule has 19 heavy (non-hydrogen) atoms. The number of hydrogen-bond acceptors (Lipinski definition) is 3. The van der Waals surface area contributed by atoms with Crippen LogP contribution in [0.1, 0.15) is 38.1 Å². The summed E-state index contributed by atoms with van der Waals surface area (Å²) in [5.74, 6) is 1.09. The van der Waals surface area contributed by atoms with E-state index in [1.165, 1.54) is 24.9 Å². The van der Waals surface area contributed by atoms with Gasteiger partial charge in [0, 0.05) is 24.7 Å². The summed E-state index contributed by atoms with van der Waals surface area (Å²) < 4.78 is 2.14. The van der Waals surface area contributed by atoms with Gasteiger partial charge in [0.25, 0.3) is 0 Å². The molecule has 3 heterocycles. The van der Waals surface area contributed by atoms with Crippen molar-refractivity contribution in [3.8, 4) is 0 Å². The Kier molecular flexibility index (Phi) is 3.27. The van der Waals surface area contributed by atoms with Crippen molar-refractivity contribution >= 4 is 5.65 Å². The molecule has 0 amide bonds. The standard InChI is InChI=1S/C15H22N4/c1-11(2)18-8-5-7-13(18)10-14-16-17-15-12(3)6-4-9-19(14)15/h4,6,9,11,13H,5,7-8,10H2,1-3H3. The third kappa shape index (κ3) is 2.25. The summed E-state index contributed by atoms with van der Waals surface area (Å²) in [5, 5.41) is 8.72. The van der Waals surface area contributed by atoms with Crippen LogP contribution in [0.2, 0.25) is 0 Å². The highest BCUT2D eigenvalue weighted by Gasteiger charge is 2.27. The second-order valence-electron chi connectivity index (χ2n) is 5.83. The molecular weight excluding hydrogens is 236 g/mol. The molecule has 0 spiro atoms. The summed E-state index contributed by atoms with van der Waals surface area (Å²) in [7, 11) is 0. The molecule has 102 valence electrons. The lowest BCUT2D eigenvalue weighted by Crippen LogP contribution is -2.37. The van der Waals surface area contributed by atoms with Gasteiger partial charge in [-0.15, -0.1) is 10.2 Å². The Balaban J connectivity index is 1.87. The zero-order valence-corrected chi connectivity index (χ0v) is 12.0. The highest BCUT2D eigenvalue weighted by molar-refractivity contribution is 5.46. The van der Waals surface area contributed by atoms with Crippen LogP contribution in [0.25, 0.3) is 5.65 Å². The van der Waals surface area contributed by atoms with Gasteiger partial charge in [0.2, 0.25) is 0 Å². The monoisotopic (exact) mass is 258 g/mol. The largest absolute Gasteiger partial charge is 0.298 e. The lowest BCUT2D eigenvalue weighted by atomic mass is 10.1. The smallest absolute Gasteiger partial charge is 0.163 e. The third-order valence-corrected chi connectivity index (χ3v) is 4.20. The van der Waals surface area contributed by atoms with Gasteiger partial charge >= 0.3 is 0 Å². The zero-order valence-electron chi connectivity index (χ0n) is 12.0. The molecule has 3 rings (SSSR count). The summed E-state index contributed by atoms with van der Waals surface area (Å²) >= 11 is 0. The molecular formula is C15H22N4. The van der Waals surface area contributed by atoms with Crippen LogP contribution in [0, 0.1) is 6.92 Å². The minimum atomic E-state index is 0.618. The van der Waals surface area contributed by atoms with Gasteiger partial charge in [-0.05, 0) is 51.8 Å². The van der Waals surface area contributed by atoms with Crippen LogP contribution in [-0.2, 0) is 6.42 Å². The minimum absolute atomic E-state index is 0.618. The van der Waals surface area contributed by atoms with Gasteiger partial charge in [-0.25, -0.2) is 0 Å². The first-order valence-corrected chi connectivity index (χ1v) is 7.22.